The van der Waals surface area contributed by atoms with Crippen molar-refractivity contribution in [1.82, 2.24) is 4.98 Å². The van der Waals surface area contributed by atoms with Crippen molar-refractivity contribution in [2.75, 3.05) is 17.2 Å². The van der Waals surface area contributed by atoms with Crippen LogP contribution in [0.15, 0.2) is 29.6 Å². The van der Waals surface area contributed by atoms with E-state index in [-0.39, 0.29) is 5.91 Å². The van der Waals surface area contributed by atoms with Crippen LogP contribution in [0.4, 0.5) is 10.8 Å². The molecule has 2 N–H and O–H groups in total. The van der Waals surface area contributed by atoms with E-state index in [1.165, 1.54) is 6.42 Å². The molecule has 0 saturated heterocycles. The Labute approximate surface area is 129 Å². The third kappa shape index (κ3) is 4.56. The topological polar surface area (TPSA) is 54.0 Å². The van der Waals surface area contributed by atoms with Crippen LogP contribution in [-0.4, -0.2) is 17.4 Å². The fourth-order valence-electron chi connectivity index (χ4n) is 1.83. The minimum absolute atomic E-state index is 0.0267. The molecule has 1 amide bonds. The molecule has 0 atom stereocenters. The Morgan fingerprint density at radius 1 is 1.24 bits per heavy atom. The van der Waals surface area contributed by atoms with Crippen molar-refractivity contribution >= 4 is 28.1 Å². The second kappa shape index (κ2) is 7.78. The van der Waals surface area contributed by atoms with Gasteiger partial charge in [-0.05, 0) is 18.6 Å². The smallest absolute Gasteiger partial charge is 0.224 e. The Balaban J connectivity index is 2.00. The van der Waals surface area contributed by atoms with Gasteiger partial charge in [0.25, 0.3) is 0 Å². The Kier molecular flexibility index (Phi) is 5.75. The molecule has 0 aliphatic heterocycles. The number of amides is 1. The van der Waals surface area contributed by atoms with E-state index in [1.807, 2.05) is 36.6 Å². The second-order valence-electron chi connectivity index (χ2n) is 4.80. The lowest BCUT2D eigenvalue weighted by atomic mass is 10.1. The zero-order chi connectivity index (χ0) is 15.1. The van der Waals surface area contributed by atoms with Crippen LogP contribution in [0.3, 0.4) is 0 Å². The van der Waals surface area contributed by atoms with Crippen molar-refractivity contribution in [3.8, 4) is 11.3 Å². The molecular weight excluding hydrogens is 282 g/mol. The maximum absolute atomic E-state index is 11.3. The molecule has 1 heterocycles. The van der Waals surface area contributed by atoms with Crippen molar-refractivity contribution in [2.45, 2.75) is 33.1 Å². The number of carbonyl (C=O) groups excluding carboxylic acids is 1. The van der Waals surface area contributed by atoms with Crippen LogP contribution in [0.1, 0.15) is 33.1 Å². The Bertz CT molecular complexity index is 577. The van der Waals surface area contributed by atoms with Crippen molar-refractivity contribution in [3.05, 3.63) is 29.6 Å². The molecular formula is C16H21N3OS. The summed E-state index contributed by atoms with van der Waals surface area (Å²) >= 11 is 1.62. The fourth-order valence-corrected chi connectivity index (χ4v) is 2.58. The van der Waals surface area contributed by atoms with Crippen molar-refractivity contribution in [2.24, 2.45) is 0 Å². The van der Waals surface area contributed by atoms with E-state index in [2.05, 4.69) is 22.5 Å². The van der Waals surface area contributed by atoms with Gasteiger partial charge in [0.05, 0.1) is 5.69 Å². The maximum Gasteiger partial charge on any atom is 0.224 e. The normalized spacial score (nSPS) is 10.4. The number of anilines is 2. The summed E-state index contributed by atoms with van der Waals surface area (Å²) < 4.78 is 0. The summed E-state index contributed by atoms with van der Waals surface area (Å²) in [6, 6.07) is 7.78. The van der Waals surface area contributed by atoms with Gasteiger partial charge < -0.3 is 10.6 Å². The van der Waals surface area contributed by atoms with E-state index in [9.17, 15) is 4.79 Å². The van der Waals surface area contributed by atoms with E-state index in [1.54, 1.807) is 11.3 Å². The number of thiazole rings is 1. The van der Waals surface area contributed by atoms with Crippen LogP contribution in [0, 0.1) is 0 Å². The van der Waals surface area contributed by atoms with Gasteiger partial charge in [-0.25, -0.2) is 4.98 Å². The molecule has 1 aromatic carbocycles. The first kappa shape index (κ1) is 15.5. The highest BCUT2D eigenvalue weighted by atomic mass is 32.1. The van der Waals surface area contributed by atoms with E-state index >= 15 is 0 Å². The first-order chi connectivity index (χ1) is 10.2. The van der Waals surface area contributed by atoms with Gasteiger partial charge in [0.15, 0.2) is 5.13 Å². The number of unbranched alkanes of at least 4 members (excludes halogenated alkanes) is 1. The van der Waals surface area contributed by atoms with Crippen LogP contribution < -0.4 is 10.6 Å². The van der Waals surface area contributed by atoms with E-state index in [0.717, 1.165) is 35.0 Å². The molecule has 2 rings (SSSR count). The number of hydrogen-bond acceptors (Lipinski definition) is 4. The van der Waals surface area contributed by atoms with Crippen molar-refractivity contribution in [1.29, 1.82) is 0 Å². The highest BCUT2D eigenvalue weighted by Gasteiger charge is 2.05. The van der Waals surface area contributed by atoms with Gasteiger partial charge in [-0.1, -0.05) is 32.4 Å². The van der Waals surface area contributed by atoms with Gasteiger partial charge in [-0.2, -0.15) is 0 Å². The quantitative estimate of drug-likeness (QED) is 0.747. The fraction of sp³-hybridized carbons (Fsp3) is 0.375. The van der Waals surface area contributed by atoms with Crippen LogP contribution in [0.5, 0.6) is 0 Å². The van der Waals surface area contributed by atoms with Crippen LogP contribution in [-0.2, 0) is 4.79 Å². The number of benzene rings is 1. The number of hydrogen-bond donors (Lipinski definition) is 2. The average Bonchev–Trinajstić information content (AvgIpc) is 2.97. The molecule has 0 radical (unpaired) electrons. The first-order valence-corrected chi connectivity index (χ1v) is 8.20. The lowest BCUT2D eigenvalue weighted by molar-refractivity contribution is -0.115. The van der Waals surface area contributed by atoms with Crippen molar-refractivity contribution in [3.63, 3.8) is 0 Å². The third-order valence-corrected chi connectivity index (χ3v) is 3.90. The Morgan fingerprint density at radius 2 is 2.00 bits per heavy atom. The molecule has 112 valence electrons. The molecule has 1 aromatic heterocycles. The summed E-state index contributed by atoms with van der Waals surface area (Å²) in [5.74, 6) is 0.0267. The van der Waals surface area contributed by atoms with Gasteiger partial charge >= 0.3 is 0 Å². The Morgan fingerprint density at radius 3 is 2.67 bits per heavy atom. The third-order valence-electron chi connectivity index (χ3n) is 3.10. The molecule has 0 fully saturated rings. The molecule has 0 bridgehead atoms. The second-order valence-corrected chi connectivity index (χ2v) is 5.66. The number of rotatable bonds is 7. The average molecular weight is 303 g/mol. The summed E-state index contributed by atoms with van der Waals surface area (Å²) in [6.45, 7) is 4.98. The largest absolute Gasteiger partial charge is 0.362 e. The van der Waals surface area contributed by atoms with Gasteiger partial charge in [0.1, 0.15) is 0 Å². The summed E-state index contributed by atoms with van der Waals surface area (Å²) in [7, 11) is 0. The molecule has 0 unspecified atom stereocenters. The molecule has 0 saturated carbocycles. The SMILES string of the molecule is CCCCNc1nc(-c2ccc(NC(=O)CC)cc2)cs1. The van der Waals surface area contributed by atoms with Gasteiger partial charge in [-0.3, -0.25) is 4.79 Å². The summed E-state index contributed by atoms with van der Waals surface area (Å²) in [5, 5.41) is 9.18. The molecule has 5 heteroatoms. The van der Waals surface area contributed by atoms with Gasteiger partial charge in [0, 0.05) is 29.6 Å². The van der Waals surface area contributed by atoms with Crippen LogP contribution in [0.2, 0.25) is 0 Å². The van der Waals surface area contributed by atoms with Gasteiger partial charge in [0.2, 0.25) is 5.91 Å². The number of carbonyl (C=O) groups is 1. The monoisotopic (exact) mass is 303 g/mol. The summed E-state index contributed by atoms with van der Waals surface area (Å²) in [6.07, 6.45) is 2.82. The highest BCUT2D eigenvalue weighted by molar-refractivity contribution is 7.14. The zero-order valence-electron chi connectivity index (χ0n) is 12.5. The summed E-state index contributed by atoms with van der Waals surface area (Å²) in [4.78, 5) is 15.9. The molecule has 4 nitrogen and oxygen atoms in total. The van der Waals surface area contributed by atoms with Crippen LogP contribution >= 0.6 is 11.3 Å². The minimum Gasteiger partial charge on any atom is -0.362 e. The lowest BCUT2D eigenvalue weighted by Crippen LogP contribution is -2.08. The Hall–Kier alpha value is -1.88. The number of nitrogens with zero attached hydrogens (tertiary/aromatic N) is 1. The number of nitrogens with one attached hydrogen (secondary N) is 2. The van der Waals surface area contributed by atoms with E-state index in [0.29, 0.717) is 6.42 Å². The van der Waals surface area contributed by atoms with E-state index in [4.69, 9.17) is 0 Å². The number of aromatic nitrogens is 1. The first-order valence-electron chi connectivity index (χ1n) is 7.32. The summed E-state index contributed by atoms with van der Waals surface area (Å²) in [5.41, 5.74) is 2.85. The lowest BCUT2D eigenvalue weighted by Gasteiger charge is -2.04. The molecule has 0 spiro atoms. The highest BCUT2D eigenvalue weighted by Crippen LogP contribution is 2.26. The zero-order valence-corrected chi connectivity index (χ0v) is 13.3. The maximum atomic E-state index is 11.3. The molecule has 0 aliphatic carbocycles. The molecule has 2 aromatic rings. The van der Waals surface area contributed by atoms with E-state index < -0.39 is 0 Å². The van der Waals surface area contributed by atoms with Crippen molar-refractivity contribution < 1.29 is 4.79 Å². The predicted octanol–water partition coefficient (Wildman–Crippen LogP) is 4.37. The standard InChI is InChI=1S/C16H21N3OS/c1-3-5-10-17-16-19-14(11-21-16)12-6-8-13(9-7-12)18-15(20)4-2/h6-9,11H,3-5,10H2,1-2H3,(H,17,19)(H,18,20). The molecule has 0 aliphatic rings. The molecule has 21 heavy (non-hydrogen) atoms. The minimum atomic E-state index is 0.0267. The predicted molar refractivity (Wildman–Crippen MR) is 89.9 cm³/mol. The van der Waals surface area contributed by atoms with Crippen LogP contribution in [0.25, 0.3) is 11.3 Å². The van der Waals surface area contributed by atoms with Gasteiger partial charge in [-0.15, -0.1) is 11.3 Å².